The molecule has 0 aromatic carbocycles. The minimum Gasteiger partial charge on any atom is -0.356 e. The van der Waals surface area contributed by atoms with Crippen molar-refractivity contribution in [3.8, 4) is 0 Å². The standard InChI is InChI=1S/C14H24N2O4S/c17-13(15-9-11-7-8-21(19,20)10-11)5-6-14(18)16-12-3-1-2-4-12/h11-12H,1-10H2,(H,15,17)(H,16,18)/t11-/m1/s1. The van der Waals surface area contributed by atoms with Crippen LogP contribution in [0.25, 0.3) is 0 Å². The molecule has 0 aromatic rings. The van der Waals surface area contributed by atoms with Gasteiger partial charge in [-0.05, 0) is 25.2 Å². The number of carbonyl (C=O) groups excluding carboxylic acids is 2. The van der Waals surface area contributed by atoms with Crippen LogP contribution in [0.3, 0.4) is 0 Å². The second-order valence-corrected chi connectivity index (χ2v) is 8.35. The summed E-state index contributed by atoms with van der Waals surface area (Å²) in [6.45, 7) is 0.391. The Kier molecular flexibility index (Phi) is 5.61. The van der Waals surface area contributed by atoms with Gasteiger partial charge in [-0.2, -0.15) is 0 Å². The summed E-state index contributed by atoms with van der Waals surface area (Å²) in [6, 6.07) is 0.282. The van der Waals surface area contributed by atoms with Crippen LogP contribution in [0.2, 0.25) is 0 Å². The van der Waals surface area contributed by atoms with Gasteiger partial charge in [-0.25, -0.2) is 8.42 Å². The lowest BCUT2D eigenvalue weighted by Gasteiger charge is -2.12. The fourth-order valence-electron chi connectivity index (χ4n) is 2.98. The van der Waals surface area contributed by atoms with Crippen molar-refractivity contribution >= 4 is 21.7 Å². The molecule has 0 radical (unpaired) electrons. The lowest BCUT2D eigenvalue weighted by molar-refractivity contribution is -0.126. The largest absolute Gasteiger partial charge is 0.356 e. The van der Waals surface area contributed by atoms with Gasteiger partial charge < -0.3 is 10.6 Å². The first-order chi connectivity index (χ1) is 9.94. The number of nitrogens with one attached hydrogen (secondary N) is 2. The van der Waals surface area contributed by atoms with Crippen LogP contribution in [0, 0.1) is 5.92 Å². The van der Waals surface area contributed by atoms with Crippen LogP contribution < -0.4 is 10.6 Å². The van der Waals surface area contributed by atoms with Crippen molar-refractivity contribution in [1.82, 2.24) is 10.6 Å². The summed E-state index contributed by atoms with van der Waals surface area (Å²) in [5.74, 6) is 0.153. The number of hydrogen-bond acceptors (Lipinski definition) is 4. The number of sulfone groups is 1. The Morgan fingerprint density at radius 3 is 2.29 bits per heavy atom. The van der Waals surface area contributed by atoms with Gasteiger partial charge in [0.25, 0.3) is 0 Å². The van der Waals surface area contributed by atoms with Crippen molar-refractivity contribution in [2.24, 2.45) is 5.92 Å². The first kappa shape index (κ1) is 16.3. The van der Waals surface area contributed by atoms with Gasteiger partial charge in [0.05, 0.1) is 11.5 Å². The SMILES string of the molecule is O=C(CCC(=O)NC1CCCC1)NC[C@H]1CCS(=O)(=O)C1. The third-order valence-corrected chi connectivity index (χ3v) is 6.05. The number of amides is 2. The second-order valence-electron chi connectivity index (χ2n) is 6.12. The summed E-state index contributed by atoms with van der Waals surface area (Å²) in [5, 5.41) is 5.67. The van der Waals surface area contributed by atoms with E-state index in [4.69, 9.17) is 0 Å². The normalized spacial score (nSPS) is 24.9. The molecule has 2 amide bonds. The van der Waals surface area contributed by atoms with E-state index in [1.807, 2.05) is 0 Å². The minimum atomic E-state index is -2.90. The molecule has 1 atom stereocenters. The molecule has 2 rings (SSSR count). The highest BCUT2D eigenvalue weighted by atomic mass is 32.2. The van der Waals surface area contributed by atoms with Crippen molar-refractivity contribution < 1.29 is 18.0 Å². The van der Waals surface area contributed by atoms with Gasteiger partial charge in [-0.3, -0.25) is 9.59 Å². The average molecular weight is 316 g/mol. The maximum Gasteiger partial charge on any atom is 0.220 e. The van der Waals surface area contributed by atoms with E-state index in [1.54, 1.807) is 0 Å². The van der Waals surface area contributed by atoms with Crippen LogP contribution >= 0.6 is 0 Å². The van der Waals surface area contributed by atoms with E-state index < -0.39 is 9.84 Å². The topological polar surface area (TPSA) is 92.3 Å². The van der Waals surface area contributed by atoms with Crippen molar-refractivity contribution in [1.29, 1.82) is 0 Å². The molecule has 6 nitrogen and oxygen atoms in total. The van der Waals surface area contributed by atoms with E-state index in [-0.39, 0.29) is 48.1 Å². The van der Waals surface area contributed by atoms with Crippen LogP contribution in [0.5, 0.6) is 0 Å². The van der Waals surface area contributed by atoms with Crippen LogP contribution in [0.4, 0.5) is 0 Å². The molecule has 2 N–H and O–H groups in total. The van der Waals surface area contributed by atoms with E-state index in [1.165, 1.54) is 0 Å². The monoisotopic (exact) mass is 316 g/mol. The third-order valence-electron chi connectivity index (χ3n) is 4.21. The zero-order valence-corrected chi connectivity index (χ0v) is 13.1. The van der Waals surface area contributed by atoms with Crippen LogP contribution in [0.15, 0.2) is 0 Å². The van der Waals surface area contributed by atoms with E-state index in [9.17, 15) is 18.0 Å². The molecule has 2 aliphatic rings. The van der Waals surface area contributed by atoms with Crippen molar-refractivity contribution in [3.63, 3.8) is 0 Å². The first-order valence-corrected chi connectivity index (χ1v) is 9.53. The molecule has 1 aliphatic carbocycles. The van der Waals surface area contributed by atoms with Gasteiger partial charge in [-0.1, -0.05) is 12.8 Å². The van der Waals surface area contributed by atoms with Gasteiger partial charge in [0.2, 0.25) is 11.8 Å². The van der Waals surface area contributed by atoms with Crippen molar-refractivity contribution in [2.45, 2.75) is 51.0 Å². The molecule has 1 saturated heterocycles. The maximum absolute atomic E-state index is 11.7. The Bertz CT molecular complexity index is 483. The number of carbonyl (C=O) groups is 2. The van der Waals surface area contributed by atoms with Crippen molar-refractivity contribution in [3.05, 3.63) is 0 Å². The van der Waals surface area contributed by atoms with Crippen LogP contribution in [0.1, 0.15) is 44.9 Å². The van der Waals surface area contributed by atoms with E-state index >= 15 is 0 Å². The Hall–Kier alpha value is -1.11. The Labute approximate surface area is 126 Å². The van der Waals surface area contributed by atoms with Crippen molar-refractivity contribution in [2.75, 3.05) is 18.1 Å². The summed E-state index contributed by atoms with van der Waals surface area (Å²) >= 11 is 0. The molecule has 0 bridgehead atoms. The molecule has 2 fully saturated rings. The van der Waals surface area contributed by atoms with Crippen LogP contribution in [-0.4, -0.2) is 44.3 Å². The molecule has 0 unspecified atom stereocenters. The quantitative estimate of drug-likeness (QED) is 0.741. The van der Waals surface area contributed by atoms with E-state index in [2.05, 4.69) is 10.6 Å². The van der Waals surface area contributed by atoms with Gasteiger partial charge in [-0.15, -0.1) is 0 Å². The fourth-order valence-corrected chi connectivity index (χ4v) is 4.84. The molecule has 21 heavy (non-hydrogen) atoms. The number of rotatable bonds is 6. The zero-order chi connectivity index (χ0) is 15.3. The fraction of sp³-hybridized carbons (Fsp3) is 0.857. The van der Waals surface area contributed by atoms with Gasteiger partial charge in [0, 0.05) is 25.4 Å². The molecule has 1 heterocycles. The maximum atomic E-state index is 11.7. The molecule has 1 aliphatic heterocycles. The highest BCUT2D eigenvalue weighted by Gasteiger charge is 2.27. The highest BCUT2D eigenvalue weighted by Crippen LogP contribution is 2.18. The minimum absolute atomic E-state index is 0.0197. The molecule has 0 aromatic heterocycles. The summed E-state index contributed by atoms with van der Waals surface area (Å²) in [4.78, 5) is 23.3. The Balaban J connectivity index is 1.58. The van der Waals surface area contributed by atoms with Gasteiger partial charge in [0.15, 0.2) is 9.84 Å². The average Bonchev–Trinajstić information content (AvgIpc) is 3.03. The molecule has 120 valence electrons. The summed E-state index contributed by atoms with van der Waals surface area (Å²) in [5.41, 5.74) is 0. The lowest BCUT2D eigenvalue weighted by atomic mass is 10.1. The zero-order valence-electron chi connectivity index (χ0n) is 12.3. The predicted octanol–water partition coefficient (Wildman–Crippen LogP) is 0.376. The van der Waals surface area contributed by atoms with E-state index in [0.29, 0.717) is 13.0 Å². The van der Waals surface area contributed by atoms with Crippen LogP contribution in [-0.2, 0) is 19.4 Å². The third kappa shape index (κ3) is 5.65. The Morgan fingerprint density at radius 1 is 1.00 bits per heavy atom. The van der Waals surface area contributed by atoms with Gasteiger partial charge >= 0.3 is 0 Å². The molecule has 1 saturated carbocycles. The summed E-state index contributed by atoms with van der Waals surface area (Å²) in [6.07, 6.45) is 5.38. The second kappa shape index (κ2) is 7.24. The molecule has 0 spiro atoms. The molecular formula is C14H24N2O4S. The highest BCUT2D eigenvalue weighted by molar-refractivity contribution is 7.91. The number of hydrogen-bond donors (Lipinski definition) is 2. The summed E-state index contributed by atoms with van der Waals surface area (Å²) < 4.78 is 22.6. The Morgan fingerprint density at radius 2 is 1.67 bits per heavy atom. The van der Waals surface area contributed by atoms with E-state index in [0.717, 1.165) is 25.7 Å². The first-order valence-electron chi connectivity index (χ1n) is 7.71. The molecular weight excluding hydrogens is 292 g/mol. The lowest BCUT2D eigenvalue weighted by Crippen LogP contribution is -2.34. The molecule has 7 heteroatoms. The summed E-state index contributed by atoms with van der Waals surface area (Å²) in [7, 11) is -2.90. The predicted molar refractivity (Wildman–Crippen MR) is 79.4 cm³/mol. The van der Waals surface area contributed by atoms with Gasteiger partial charge in [0.1, 0.15) is 0 Å². The smallest absolute Gasteiger partial charge is 0.220 e.